The first-order valence-electron chi connectivity index (χ1n) is 9.31. The molecule has 6 nitrogen and oxygen atoms in total. The zero-order valence-electron chi connectivity index (χ0n) is 16.8. The summed E-state index contributed by atoms with van der Waals surface area (Å²) in [5.74, 6) is 3.82. The number of anilines is 2. The Morgan fingerprint density at radius 3 is 1.31 bits per heavy atom. The maximum Gasteiger partial charge on any atom is 0.135 e. The third-order valence-electron chi connectivity index (χ3n) is 4.55. The Labute approximate surface area is 156 Å². The van der Waals surface area contributed by atoms with Crippen molar-refractivity contribution in [2.75, 3.05) is 36.0 Å². The minimum Gasteiger partial charge on any atom is -0.353 e. The summed E-state index contributed by atoms with van der Waals surface area (Å²) in [5.41, 5.74) is -0.0791. The van der Waals surface area contributed by atoms with Crippen LogP contribution in [0, 0.1) is 0 Å². The molecule has 0 radical (unpaired) electrons. The van der Waals surface area contributed by atoms with Gasteiger partial charge in [-0.1, -0.05) is 41.5 Å². The van der Waals surface area contributed by atoms with Gasteiger partial charge in [0.1, 0.15) is 23.3 Å². The van der Waals surface area contributed by atoms with E-state index in [4.69, 9.17) is 9.97 Å². The number of nitrogens with zero attached hydrogens (tertiary/aromatic N) is 6. The second-order valence-electron chi connectivity index (χ2n) is 8.95. The van der Waals surface area contributed by atoms with Crippen molar-refractivity contribution in [1.82, 2.24) is 19.9 Å². The molecule has 1 saturated heterocycles. The quantitative estimate of drug-likeness (QED) is 0.825. The first kappa shape index (κ1) is 18.5. The second-order valence-corrected chi connectivity index (χ2v) is 8.95. The van der Waals surface area contributed by atoms with Crippen LogP contribution in [-0.4, -0.2) is 46.1 Å². The van der Waals surface area contributed by atoms with Crippen molar-refractivity contribution >= 4 is 11.6 Å². The van der Waals surface area contributed by atoms with Gasteiger partial charge in [0.15, 0.2) is 0 Å². The van der Waals surface area contributed by atoms with Crippen LogP contribution in [0.25, 0.3) is 0 Å². The minimum atomic E-state index is -0.0395. The van der Waals surface area contributed by atoms with E-state index in [-0.39, 0.29) is 10.8 Å². The summed E-state index contributed by atoms with van der Waals surface area (Å²) in [6.07, 6.45) is 3.74. The van der Waals surface area contributed by atoms with E-state index >= 15 is 0 Å². The summed E-state index contributed by atoms with van der Waals surface area (Å²) >= 11 is 0. The summed E-state index contributed by atoms with van der Waals surface area (Å²) in [6.45, 7) is 16.6. The third kappa shape index (κ3) is 4.11. The summed E-state index contributed by atoms with van der Waals surface area (Å²) < 4.78 is 0. The molecule has 2 aromatic heterocycles. The molecule has 0 unspecified atom stereocenters. The van der Waals surface area contributed by atoms with Crippen LogP contribution in [0.3, 0.4) is 0 Å². The number of hydrogen-bond acceptors (Lipinski definition) is 6. The highest BCUT2D eigenvalue weighted by Crippen LogP contribution is 2.24. The van der Waals surface area contributed by atoms with Crippen LogP contribution in [-0.2, 0) is 10.8 Å². The van der Waals surface area contributed by atoms with Crippen LogP contribution in [0.4, 0.5) is 11.6 Å². The maximum absolute atomic E-state index is 4.78. The molecule has 0 N–H and O–H groups in total. The lowest BCUT2D eigenvalue weighted by molar-refractivity contribution is 0.538. The van der Waals surface area contributed by atoms with Crippen molar-refractivity contribution in [3.05, 3.63) is 36.2 Å². The highest BCUT2D eigenvalue weighted by molar-refractivity contribution is 5.44. The van der Waals surface area contributed by atoms with Gasteiger partial charge in [-0.25, -0.2) is 19.9 Å². The van der Waals surface area contributed by atoms with Crippen LogP contribution in [0.15, 0.2) is 24.5 Å². The van der Waals surface area contributed by atoms with Gasteiger partial charge in [-0.2, -0.15) is 0 Å². The fraction of sp³-hybridized carbons (Fsp3) is 0.600. The van der Waals surface area contributed by atoms with Crippen LogP contribution < -0.4 is 9.80 Å². The SMILES string of the molecule is CC(C)(C)c1nccc(N2CCN(c3ccnc(C(C)(C)C)n3)CC2)n1. The zero-order chi connectivity index (χ0) is 18.9. The van der Waals surface area contributed by atoms with E-state index in [9.17, 15) is 0 Å². The van der Waals surface area contributed by atoms with Gasteiger partial charge in [-0.05, 0) is 12.1 Å². The Hall–Kier alpha value is -2.24. The molecule has 26 heavy (non-hydrogen) atoms. The van der Waals surface area contributed by atoms with Gasteiger partial charge >= 0.3 is 0 Å². The molecule has 1 fully saturated rings. The summed E-state index contributed by atoms with van der Waals surface area (Å²) in [4.78, 5) is 23.1. The van der Waals surface area contributed by atoms with Gasteiger partial charge in [0, 0.05) is 49.4 Å². The number of piperazine rings is 1. The predicted octanol–water partition coefficient (Wildman–Crippen LogP) is 3.19. The smallest absolute Gasteiger partial charge is 0.135 e. The largest absolute Gasteiger partial charge is 0.353 e. The van der Waals surface area contributed by atoms with Crippen molar-refractivity contribution in [2.24, 2.45) is 0 Å². The lowest BCUT2D eigenvalue weighted by Crippen LogP contribution is -2.47. The molecule has 0 atom stereocenters. The maximum atomic E-state index is 4.78. The summed E-state index contributed by atoms with van der Waals surface area (Å²) in [7, 11) is 0. The molecule has 1 aliphatic rings. The van der Waals surface area contributed by atoms with Gasteiger partial charge in [0.2, 0.25) is 0 Å². The van der Waals surface area contributed by atoms with E-state index in [0.29, 0.717) is 0 Å². The monoisotopic (exact) mass is 354 g/mol. The molecular formula is C20H30N6. The van der Waals surface area contributed by atoms with Gasteiger partial charge in [0.25, 0.3) is 0 Å². The molecule has 1 aliphatic heterocycles. The van der Waals surface area contributed by atoms with Crippen molar-refractivity contribution in [3.63, 3.8) is 0 Å². The first-order valence-corrected chi connectivity index (χ1v) is 9.31. The molecular weight excluding hydrogens is 324 g/mol. The first-order chi connectivity index (χ1) is 12.1. The van der Waals surface area contributed by atoms with E-state index in [1.807, 2.05) is 24.5 Å². The Kier molecular flexibility index (Phi) is 4.86. The molecule has 0 spiro atoms. The van der Waals surface area contributed by atoms with E-state index < -0.39 is 0 Å². The van der Waals surface area contributed by atoms with E-state index in [1.165, 1.54) is 0 Å². The predicted molar refractivity (Wildman–Crippen MR) is 106 cm³/mol. The van der Waals surface area contributed by atoms with E-state index in [2.05, 4.69) is 61.3 Å². The normalized spacial score (nSPS) is 16.1. The summed E-state index contributed by atoms with van der Waals surface area (Å²) in [5, 5.41) is 0. The van der Waals surface area contributed by atoms with Gasteiger partial charge in [-0.15, -0.1) is 0 Å². The minimum absolute atomic E-state index is 0.0395. The van der Waals surface area contributed by atoms with Crippen LogP contribution in [0.5, 0.6) is 0 Å². The van der Waals surface area contributed by atoms with Gasteiger partial charge in [0.05, 0.1) is 0 Å². The van der Waals surface area contributed by atoms with Crippen molar-refractivity contribution in [1.29, 1.82) is 0 Å². The average Bonchev–Trinajstić information content (AvgIpc) is 2.61. The van der Waals surface area contributed by atoms with Crippen LogP contribution in [0.1, 0.15) is 53.2 Å². The summed E-state index contributed by atoms with van der Waals surface area (Å²) in [6, 6.07) is 4.01. The number of hydrogen-bond donors (Lipinski definition) is 0. The highest BCUT2D eigenvalue weighted by Gasteiger charge is 2.24. The standard InChI is InChI=1S/C20H30N6/c1-19(2,3)17-21-9-7-15(23-17)25-11-13-26(14-12-25)16-8-10-22-18(24-16)20(4,5)6/h7-10H,11-14H2,1-6H3. The topological polar surface area (TPSA) is 58.0 Å². The van der Waals surface area contributed by atoms with Crippen molar-refractivity contribution in [3.8, 4) is 0 Å². The number of rotatable bonds is 2. The molecule has 0 bridgehead atoms. The van der Waals surface area contributed by atoms with Crippen LogP contribution >= 0.6 is 0 Å². The molecule has 6 heteroatoms. The molecule has 0 amide bonds. The van der Waals surface area contributed by atoms with E-state index in [0.717, 1.165) is 49.5 Å². The molecule has 0 aromatic carbocycles. The van der Waals surface area contributed by atoms with Crippen LogP contribution in [0.2, 0.25) is 0 Å². The molecule has 3 rings (SSSR count). The molecule has 2 aromatic rings. The zero-order valence-corrected chi connectivity index (χ0v) is 16.8. The Bertz CT molecular complexity index is 686. The molecule has 0 aliphatic carbocycles. The van der Waals surface area contributed by atoms with E-state index in [1.54, 1.807) is 0 Å². The fourth-order valence-corrected chi connectivity index (χ4v) is 2.94. The molecule has 3 heterocycles. The van der Waals surface area contributed by atoms with Gasteiger partial charge < -0.3 is 9.80 Å². The third-order valence-corrected chi connectivity index (χ3v) is 4.55. The highest BCUT2D eigenvalue weighted by atomic mass is 15.3. The second kappa shape index (κ2) is 6.82. The Morgan fingerprint density at radius 2 is 1.00 bits per heavy atom. The van der Waals surface area contributed by atoms with Crippen molar-refractivity contribution < 1.29 is 0 Å². The Morgan fingerprint density at radius 1 is 0.654 bits per heavy atom. The lowest BCUT2D eigenvalue weighted by atomic mass is 9.96. The lowest BCUT2D eigenvalue weighted by Gasteiger charge is -2.36. The average molecular weight is 355 g/mol. The molecule has 140 valence electrons. The molecule has 0 saturated carbocycles. The fourth-order valence-electron chi connectivity index (χ4n) is 2.94. The van der Waals surface area contributed by atoms with Crippen molar-refractivity contribution in [2.45, 2.75) is 52.4 Å². The number of aromatic nitrogens is 4. The van der Waals surface area contributed by atoms with Gasteiger partial charge in [-0.3, -0.25) is 0 Å². The Balaban J connectivity index is 1.70.